The SMILES string of the molecule is Cc1ccccc1OCCn1nc(C)c(S(=O)(=O)N2CCOCC2)c1C. The smallest absolute Gasteiger partial charge is 0.246 e. The van der Waals surface area contributed by atoms with E-state index in [0.29, 0.717) is 55.7 Å². The number of sulfonamides is 1. The monoisotopic (exact) mass is 379 g/mol. The number of hydrogen-bond donors (Lipinski definition) is 0. The van der Waals surface area contributed by atoms with Gasteiger partial charge < -0.3 is 9.47 Å². The van der Waals surface area contributed by atoms with Crippen molar-refractivity contribution < 1.29 is 17.9 Å². The highest BCUT2D eigenvalue weighted by Gasteiger charge is 2.31. The van der Waals surface area contributed by atoms with Gasteiger partial charge in [0.2, 0.25) is 10.0 Å². The molecule has 26 heavy (non-hydrogen) atoms. The lowest BCUT2D eigenvalue weighted by molar-refractivity contribution is 0.0730. The number of aryl methyl sites for hydroxylation is 2. The number of ether oxygens (including phenoxy) is 2. The molecular weight excluding hydrogens is 354 g/mol. The normalized spacial score (nSPS) is 16.0. The summed E-state index contributed by atoms with van der Waals surface area (Å²) in [7, 11) is -3.56. The van der Waals surface area contributed by atoms with Crippen molar-refractivity contribution in [1.29, 1.82) is 0 Å². The largest absolute Gasteiger partial charge is 0.491 e. The Hall–Kier alpha value is -1.90. The number of nitrogens with zero attached hydrogens (tertiary/aromatic N) is 3. The van der Waals surface area contributed by atoms with E-state index in [1.54, 1.807) is 18.5 Å². The third-order valence-electron chi connectivity index (χ3n) is 4.54. The molecule has 0 amide bonds. The van der Waals surface area contributed by atoms with E-state index >= 15 is 0 Å². The maximum Gasteiger partial charge on any atom is 0.246 e. The Morgan fingerprint density at radius 1 is 1.15 bits per heavy atom. The molecular formula is C18H25N3O4S. The molecule has 0 aliphatic carbocycles. The summed E-state index contributed by atoms with van der Waals surface area (Å²) < 4.78 is 40.2. The Morgan fingerprint density at radius 2 is 1.85 bits per heavy atom. The second-order valence-corrected chi connectivity index (χ2v) is 8.23. The van der Waals surface area contributed by atoms with Gasteiger partial charge in [-0.15, -0.1) is 0 Å². The molecule has 0 atom stereocenters. The van der Waals surface area contributed by atoms with E-state index in [-0.39, 0.29) is 0 Å². The molecule has 0 spiro atoms. The number of hydrogen-bond acceptors (Lipinski definition) is 5. The fourth-order valence-corrected chi connectivity index (χ4v) is 4.93. The van der Waals surface area contributed by atoms with E-state index in [9.17, 15) is 8.42 Å². The van der Waals surface area contributed by atoms with E-state index in [2.05, 4.69) is 5.10 Å². The van der Waals surface area contributed by atoms with Crippen molar-refractivity contribution in [3.8, 4) is 5.75 Å². The molecule has 0 N–H and O–H groups in total. The molecule has 0 bridgehead atoms. The van der Waals surface area contributed by atoms with Gasteiger partial charge in [-0.2, -0.15) is 9.40 Å². The van der Waals surface area contributed by atoms with Crippen molar-refractivity contribution in [2.75, 3.05) is 32.9 Å². The zero-order valence-corrected chi connectivity index (χ0v) is 16.3. The Bertz CT molecular complexity index is 871. The predicted molar refractivity (Wildman–Crippen MR) is 98.0 cm³/mol. The Labute approximate surface area is 154 Å². The Morgan fingerprint density at radius 3 is 2.54 bits per heavy atom. The van der Waals surface area contributed by atoms with Crippen LogP contribution in [0, 0.1) is 20.8 Å². The molecule has 0 saturated carbocycles. The molecule has 2 heterocycles. The maximum atomic E-state index is 13.0. The molecule has 142 valence electrons. The highest BCUT2D eigenvalue weighted by atomic mass is 32.2. The Kier molecular flexibility index (Phi) is 5.64. The third kappa shape index (κ3) is 3.77. The van der Waals surface area contributed by atoms with Crippen molar-refractivity contribution in [3.63, 3.8) is 0 Å². The van der Waals surface area contributed by atoms with Crippen LogP contribution in [-0.4, -0.2) is 55.4 Å². The molecule has 0 unspecified atom stereocenters. The van der Waals surface area contributed by atoms with Crippen LogP contribution in [0.15, 0.2) is 29.2 Å². The first-order valence-electron chi connectivity index (χ1n) is 8.71. The second-order valence-electron chi connectivity index (χ2n) is 6.35. The zero-order valence-electron chi connectivity index (χ0n) is 15.4. The van der Waals surface area contributed by atoms with Crippen molar-refractivity contribution in [2.45, 2.75) is 32.2 Å². The van der Waals surface area contributed by atoms with Crippen LogP contribution in [0.2, 0.25) is 0 Å². The van der Waals surface area contributed by atoms with Gasteiger partial charge in [-0.1, -0.05) is 18.2 Å². The molecule has 8 heteroatoms. The average molecular weight is 379 g/mol. The molecule has 1 saturated heterocycles. The summed E-state index contributed by atoms with van der Waals surface area (Å²) in [6, 6.07) is 7.81. The van der Waals surface area contributed by atoms with Crippen molar-refractivity contribution in [1.82, 2.24) is 14.1 Å². The minimum absolute atomic E-state index is 0.301. The lowest BCUT2D eigenvalue weighted by atomic mass is 10.2. The minimum atomic E-state index is -3.56. The standard InChI is InChI=1S/C18H25N3O4S/c1-14-6-4-5-7-17(14)25-13-10-21-16(3)18(15(2)19-21)26(22,23)20-8-11-24-12-9-20/h4-7H,8-13H2,1-3H3. The van der Waals surface area contributed by atoms with Gasteiger partial charge in [0.25, 0.3) is 0 Å². The highest BCUT2D eigenvalue weighted by Crippen LogP contribution is 2.24. The van der Waals surface area contributed by atoms with Gasteiger partial charge in [-0.25, -0.2) is 8.42 Å². The highest BCUT2D eigenvalue weighted by molar-refractivity contribution is 7.89. The van der Waals surface area contributed by atoms with Crippen LogP contribution >= 0.6 is 0 Å². The molecule has 1 aromatic heterocycles. The van der Waals surface area contributed by atoms with Crippen LogP contribution < -0.4 is 4.74 Å². The molecule has 1 fully saturated rings. The van der Waals surface area contributed by atoms with Crippen LogP contribution in [0.3, 0.4) is 0 Å². The Balaban J connectivity index is 1.74. The molecule has 2 aromatic rings. The van der Waals surface area contributed by atoms with Gasteiger partial charge >= 0.3 is 0 Å². The maximum absolute atomic E-state index is 13.0. The number of benzene rings is 1. The van der Waals surface area contributed by atoms with Gasteiger partial charge in [0.1, 0.15) is 17.3 Å². The molecule has 1 aliphatic rings. The summed E-state index contributed by atoms with van der Waals surface area (Å²) >= 11 is 0. The van der Waals surface area contributed by atoms with E-state index < -0.39 is 10.0 Å². The van der Waals surface area contributed by atoms with E-state index in [1.165, 1.54) is 4.31 Å². The number of morpholine rings is 1. The van der Waals surface area contributed by atoms with Crippen LogP contribution in [0.4, 0.5) is 0 Å². The first-order valence-corrected chi connectivity index (χ1v) is 10.2. The fourth-order valence-electron chi connectivity index (χ4n) is 3.15. The predicted octanol–water partition coefficient (Wildman–Crippen LogP) is 1.91. The zero-order chi connectivity index (χ0) is 18.7. The van der Waals surface area contributed by atoms with Gasteiger partial charge in [-0.05, 0) is 32.4 Å². The summed E-state index contributed by atoms with van der Waals surface area (Å²) in [6.07, 6.45) is 0. The quantitative estimate of drug-likeness (QED) is 0.767. The molecule has 1 aliphatic heterocycles. The lowest BCUT2D eigenvalue weighted by Gasteiger charge is -2.26. The number of aromatic nitrogens is 2. The van der Waals surface area contributed by atoms with Crippen LogP contribution in [0.5, 0.6) is 5.75 Å². The van der Waals surface area contributed by atoms with E-state index in [4.69, 9.17) is 9.47 Å². The second kappa shape index (κ2) is 7.77. The van der Waals surface area contributed by atoms with Gasteiger partial charge in [0.15, 0.2) is 0 Å². The van der Waals surface area contributed by atoms with Crippen molar-refractivity contribution in [3.05, 3.63) is 41.2 Å². The molecule has 7 nitrogen and oxygen atoms in total. The first kappa shape index (κ1) is 18.9. The summed E-state index contributed by atoms with van der Waals surface area (Å²) in [5.74, 6) is 0.829. The van der Waals surface area contributed by atoms with Crippen molar-refractivity contribution in [2.24, 2.45) is 0 Å². The van der Waals surface area contributed by atoms with Crippen LogP contribution in [0.1, 0.15) is 17.0 Å². The summed E-state index contributed by atoms with van der Waals surface area (Å²) in [5, 5.41) is 4.42. The molecule has 1 aromatic carbocycles. The van der Waals surface area contributed by atoms with E-state index in [1.807, 2.05) is 31.2 Å². The number of para-hydroxylation sites is 1. The number of rotatable bonds is 6. The van der Waals surface area contributed by atoms with Crippen LogP contribution in [0.25, 0.3) is 0 Å². The summed E-state index contributed by atoms with van der Waals surface area (Å²) in [6.45, 7) is 8.03. The topological polar surface area (TPSA) is 73.7 Å². The summed E-state index contributed by atoms with van der Waals surface area (Å²) in [5.41, 5.74) is 2.23. The first-order chi connectivity index (χ1) is 12.4. The average Bonchev–Trinajstić information content (AvgIpc) is 2.91. The molecule has 3 rings (SSSR count). The third-order valence-corrected chi connectivity index (χ3v) is 6.69. The van der Waals surface area contributed by atoms with Crippen molar-refractivity contribution >= 4 is 10.0 Å². The molecule has 0 radical (unpaired) electrons. The minimum Gasteiger partial charge on any atom is -0.491 e. The summed E-state index contributed by atoms with van der Waals surface area (Å²) in [4.78, 5) is 0.301. The van der Waals surface area contributed by atoms with Gasteiger partial charge in [-0.3, -0.25) is 4.68 Å². The van der Waals surface area contributed by atoms with E-state index in [0.717, 1.165) is 11.3 Å². The van der Waals surface area contributed by atoms with Gasteiger partial charge in [0, 0.05) is 13.1 Å². The van der Waals surface area contributed by atoms with Crippen LogP contribution in [-0.2, 0) is 21.3 Å². The lowest BCUT2D eigenvalue weighted by Crippen LogP contribution is -2.41. The fraction of sp³-hybridized carbons (Fsp3) is 0.500. The van der Waals surface area contributed by atoms with Gasteiger partial charge in [0.05, 0.1) is 31.1 Å².